The number of nitro groups is 2. The number of rotatable bonds is 14. The highest BCUT2D eigenvalue weighted by Gasteiger charge is 2.52. The highest BCUT2D eigenvalue weighted by molar-refractivity contribution is 5.86. The molecule has 0 radical (unpaired) electrons. The number of hydrogen-bond donors (Lipinski definition) is 2. The lowest BCUT2D eigenvalue weighted by atomic mass is 9.87. The van der Waals surface area contributed by atoms with Crippen molar-refractivity contribution in [3.05, 3.63) is 20.2 Å². The van der Waals surface area contributed by atoms with E-state index in [2.05, 4.69) is 10.2 Å². The largest absolute Gasteiger partial charge is 0.367 e. The summed E-state index contributed by atoms with van der Waals surface area (Å²) in [5, 5.41) is 30.5. The summed E-state index contributed by atoms with van der Waals surface area (Å²) < 4.78 is 0. The normalized spacial score (nSPS) is 18.0. The van der Waals surface area contributed by atoms with Gasteiger partial charge in [0.1, 0.15) is 0 Å². The summed E-state index contributed by atoms with van der Waals surface area (Å²) in [6.45, 7) is 5.91. The highest BCUT2D eigenvalue weighted by atomic mass is 16.6. The molecule has 0 saturated carbocycles. The first kappa shape index (κ1) is 25.3. The molecule has 0 rings (SSSR count). The zero-order chi connectivity index (χ0) is 22.1. The SMILES string of the molecule is CCCCC([N+](=O)[O-])C(C)(N=NC(C)(C(N)=O)C(CCCC)[N+](=O)[O-])C(N)=O. The fourth-order valence-electron chi connectivity index (χ4n) is 2.75. The van der Waals surface area contributed by atoms with Crippen LogP contribution >= 0.6 is 0 Å². The van der Waals surface area contributed by atoms with Crippen molar-refractivity contribution in [3.8, 4) is 0 Å². The van der Waals surface area contributed by atoms with Gasteiger partial charge in [0.2, 0.25) is 23.2 Å². The van der Waals surface area contributed by atoms with Crippen molar-refractivity contribution in [2.24, 2.45) is 21.7 Å². The Morgan fingerprint density at radius 1 is 0.857 bits per heavy atom. The van der Waals surface area contributed by atoms with Crippen molar-refractivity contribution in [2.75, 3.05) is 0 Å². The Bertz CT molecular complexity index is 575. The maximum absolute atomic E-state index is 12.0. The van der Waals surface area contributed by atoms with Gasteiger partial charge in [0.05, 0.1) is 0 Å². The third-order valence-corrected chi connectivity index (χ3v) is 4.93. The molecule has 4 N–H and O–H groups in total. The van der Waals surface area contributed by atoms with Crippen molar-refractivity contribution in [2.45, 2.75) is 89.4 Å². The molecule has 2 amide bonds. The van der Waals surface area contributed by atoms with E-state index in [4.69, 9.17) is 11.5 Å². The van der Waals surface area contributed by atoms with Gasteiger partial charge in [-0.2, -0.15) is 10.2 Å². The lowest BCUT2D eigenvalue weighted by molar-refractivity contribution is -0.533. The quantitative estimate of drug-likeness (QED) is 0.251. The van der Waals surface area contributed by atoms with E-state index in [9.17, 15) is 29.8 Å². The fourth-order valence-corrected chi connectivity index (χ4v) is 2.75. The molecule has 0 aliphatic rings. The van der Waals surface area contributed by atoms with Crippen LogP contribution in [0.2, 0.25) is 0 Å². The lowest BCUT2D eigenvalue weighted by Gasteiger charge is -2.28. The summed E-state index contributed by atoms with van der Waals surface area (Å²) in [6, 6.07) is -2.98. The van der Waals surface area contributed by atoms with E-state index < -0.39 is 44.8 Å². The van der Waals surface area contributed by atoms with Crippen LogP contribution in [0.5, 0.6) is 0 Å². The van der Waals surface area contributed by atoms with Gasteiger partial charge in [-0.15, -0.1) is 0 Å². The Morgan fingerprint density at radius 3 is 1.32 bits per heavy atom. The zero-order valence-electron chi connectivity index (χ0n) is 16.8. The molecule has 4 atom stereocenters. The molecule has 0 aromatic rings. The van der Waals surface area contributed by atoms with Crippen LogP contribution in [0.25, 0.3) is 0 Å². The maximum Gasteiger partial charge on any atom is 0.254 e. The molecule has 0 spiro atoms. The Balaban J connectivity index is 6.21. The second-order valence-corrected chi connectivity index (χ2v) is 7.11. The van der Waals surface area contributed by atoms with Gasteiger partial charge in [-0.25, -0.2) is 0 Å². The van der Waals surface area contributed by atoms with E-state index in [0.29, 0.717) is 25.7 Å². The molecule has 0 bridgehead atoms. The summed E-state index contributed by atoms with van der Waals surface area (Å²) in [7, 11) is 0. The first-order valence-electron chi connectivity index (χ1n) is 9.19. The van der Waals surface area contributed by atoms with Crippen molar-refractivity contribution in [1.29, 1.82) is 0 Å². The molecule has 4 unspecified atom stereocenters. The minimum atomic E-state index is -2.08. The predicted molar refractivity (Wildman–Crippen MR) is 101 cm³/mol. The van der Waals surface area contributed by atoms with Crippen molar-refractivity contribution in [1.82, 2.24) is 0 Å². The average molecular weight is 402 g/mol. The van der Waals surface area contributed by atoms with Crippen molar-refractivity contribution in [3.63, 3.8) is 0 Å². The summed E-state index contributed by atoms with van der Waals surface area (Å²) in [5.74, 6) is -2.24. The Kier molecular flexibility index (Phi) is 9.61. The number of primary amides is 2. The predicted octanol–water partition coefficient (Wildman–Crippen LogP) is 1.60. The molecule has 0 saturated heterocycles. The van der Waals surface area contributed by atoms with Crippen LogP contribution < -0.4 is 11.5 Å². The molecule has 0 aliphatic heterocycles. The molecular weight excluding hydrogens is 372 g/mol. The van der Waals surface area contributed by atoms with E-state index in [0.717, 1.165) is 13.8 Å². The average Bonchev–Trinajstić information content (AvgIpc) is 2.59. The number of nitrogens with two attached hydrogens (primary N) is 2. The summed E-state index contributed by atoms with van der Waals surface area (Å²) in [6.07, 6.45) is 2.15. The minimum absolute atomic E-state index is 0.00372. The van der Waals surface area contributed by atoms with Crippen LogP contribution in [0, 0.1) is 20.2 Å². The number of amides is 2. The van der Waals surface area contributed by atoms with Crippen LogP contribution in [0.1, 0.15) is 66.2 Å². The Hall–Kier alpha value is -2.66. The molecule has 12 heteroatoms. The zero-order valence-corrected chi connectivity index (χ0v) is 16.8. The van der Waals surface area contributed by atoms with Crippen LogP contribution in [0.4, 0.5) is 0 Å². The summed E-state index contributed by atoms with van der Waals surface area (Å²) in [5.41, 5.74) is 6.55. The second-order valence-electron chi connectivity index (χ2n) is 7.11. The molecule has 28 heavy (non-hydrogen) atoms. The molecule has 160 valence electrons. The third kappa shape index (κ3) is 5.92. The molecular formula is C16H30N6O6. The van der Waals surface area contributed by atoms with E-state index in [1.165, 1.54) is 0 Å². The molecule has 0 aromatic carbocycles. The van der Waals surface area contributed by atoms with Gasteiger partial charge in [-0.1, -0.05) is 26.7 Å². The topological polar surface area (TPSA) is 197 Å². The van der Waals surface area contributed by atoms with Gasteiger partial charge >= 0.3 is 0 Å². The minimum Gasteiger partial charge on any atom is -0.367 e. The van der Waals surface area contributed by atoms with Crippen LogP contribution in [-0.4, -0.2) is 44.8 Å². The maximum atomic E-state index is 12.0. The molecule has 0 fully saturated rings. The van der Waals surface area contributed by atoms with E-state index in [1.54, 1.807) is 0 Å². The molecule has 12 nitrogen and oxygen atoms in total. The Labute approximate surface area is 163 Å². The van der Waals surface area contributed by atoms with Gasteiger partial charge in [-0.3, -0.25) is 29.8 Å². The molecule has 0 aromatic heterocycles. The molecule has 0 heterocycles. The van der Waals surface area contributed by atoms with Crippen molar-refractivity contribution >= 4 is 11.8 Å². The van der Waals surface area contributed by atoms with Crippen LogP contribution in [-0.2, 0) is 9.59 Å². The van der Waals surface area contributed by atoms with E-state index >= 15 is 0 Å². The lowest BCUT2D eigenvalue weighted by Crippen LogP contribution is -2.55. The van der Waals surface area contributed by atoms with Gasteiger partial charge < -0.3 is 11.5 Å². The van der Waals surface area contributed by atoms with E-state index in [1.807, 2.05) is 13.8 Å². The summed E-state index contributed by atoms with van der Waals surface area (Å²) >= 11 is 0. The first-order valence-corrected chi connectivity index (χ1v) is 9.19. The van der Waals surface area contributed by atoms with Crippen LogP contribution in [0.15, 0.2) is 10.2 Å². The van der Waals surface area contributed by atoms with Gasteiger partial charge in [-0.05, 0) is 26.7 Å². The molecule has 0 aliphatic carbocycles. The first-order chi connectivity index (χ1) is 12.9. The highest BCUT2D eigenvalue weighted by Crippen LogP contribution is 2.28. The number of hydrogen-bond acceptors (Lipinski definition) is 8. The number of carbonyl (C=O) groups excluding carboxylic acids is 2. The van der Waals surface area contributed by atoms with E-state index in [-0.39, 0.29) is 12.8 Å². The monoisotopic (exact) mass is 402 g/mol. The smallest absolute Gasteiger partial charge is 0.254 e. The number of unbranched alkanes of at least 4 members (excludes halogenated alkanes) is 2. The van der Waals surface area contributed by atoms with Gasteiger partial charge in [0.15, 0.2) is 0 Å². The van der Waals surface area contributed by atoms with Crippen LogP contribution in [0.3, 0.4) is 0 Å². The number of azo groups is 1. The van der Waals surface area contributed by atoms with Gasteiger partial charge in [0, 0.05) is 22.7 Å². The van der Waals surface area contributed by atoms with Gasteiger partial charge in [0.25, 0.3) is 11.8 Å². The Morgan fingerprint density at radius 2 is 1.14 bits per heavy atom. The fraction of sp³-hybridized carbons (Fsp3) is 0.875. The number of nitrogens with zero attached hydrogens (tertiary/aromatic N) is 4. The third-order valence-electron chi connectivity index (χ3n) is 4.93. The summed E-state index contributed by atoms with van der Waals surface area (Å²) in [4.78, 5) is 45.6. The van der Waals surface area contributed by atoms with Crippen molar-refractivity contribution < 1.29 is 19.4 Å². The number of carbonyl (C=O) groups is 2. The second kappa shape index (κ2) is 10.6. The standard InChI is InChI=1S/C16H30N6O6/c1-5-7-9-11(21(25)26)15(3,13(17)23)19-20-16(4,14(18)24)12(22(27)28)10-8-6-2/h11-12H,5-10H2,1-4H3,(H2,17,23)(H2,18,24).